The second kappa shape index (κ2) is 3.82. The van der Waals surface area contributed by atoms with Crippen molar-refractivity contribution in [1.82, 2.24) is 10.2 Å². The van der Waals surface area contributed by atoms with Crippen LogP contribution in [0.1, 0.15) is 4.88 Å². The van der Waals surface area contributed by atoms with Crippen LogP contribution in [-0.2, 0) is 0 Å². The molecule has 1 aromatic carbocycles. The van der Waals surface area contributed by atoms with E-state index in [1.54, 1.807) is 11.3 Å². The van der Waals surface area contributed by atoms with Gasteiger partial charge in [-0.2, -0.15) is 5.10 Å². The fourth-order valence-corrected chi connectivity index (χ4v) is 2.74. The molecule has 3 nitrogen and oxygen atoms in total. The van der Waals surface area contributed by atoms with E-state index in [0.717, 1.165) is 16.0 Å². The summed E-state index contributed by atoms with van der Waals surface area (Å²) in [6.07, 6.45) is 0. The molecule has 0 fully saturated rings. The topological polar surface area (TPSA) is 45.8 Å². The number of aryl methyl sites for hydroxylation is 1. The van der Waals surface area contributed by atoms with Crippen molar-refractivity contribution in [2.45, 2.75) is 6.92 Å². The molecular formula is C13H10N2OS. The maximum absolute atomic E-state index is 11.7. The number of aromatic nitrogens is 2. The smallest absolute Gasteiger partial charge is 0.267 e. The van der Waals surface area contributed by atoms with Gasteiger partial charge in [0.15, 0.2) is 0 Å². The van der Waals surface area contributed by atoms with Crippen LogP contribution in [0, 0.1) is 6.92 Å². The van der Waals surface area contributed by atoms with Crippen molar-refractivity contribution in [3.05, 3.63) is 51.6 Å². The first kappa shape index (κ1) is 10.2. The van der Waals surface area contributed by atoms with Crippen molar-refractivity contribution in [3.63, 3.8) is 0 Å². The Kier molecular flexibility index (Phi) is 2.30. The molecule has 84 valence electrons. The number of benzene rings is 1. The Labute approximate surface area is 102 Å². The number of nitrogens with zero attached hydrogens (tertiary/aromatic N) is 1. The van der Waals surface area contributed by atoms with Gasteiger partial charge in [-0.15, -0.1) is 11.3 Å². The molecule has 0 spiro atoms. The maximum Gasteiger partial charge on any atom is 0.272 e. The quantitative estimate of drug-likeness (QED) is 0.713. The Morgan fingerprint density at radius 1 is 1.12 bits per heavy atom. The number of aromatic amines is 1. The molecule has 0 radical (unpaired) electrons. The highest BCUT2D eigenvalue weighted by atomic mass is 32.1. The molecule has 3 aromatic rings. The monoisotopic (exact) mass is 242 g/mol. The van der Waals surface area contributed by atoms with Crippen LogP contribution in [-0.4, -0.2) is 10.2 Å². The number of H-pyrrole nitrogens is 1. The van der Waals surface area contributed by atoms with Crippen molar-refractivity contribution in [2.24, 2.45) is 0 Å². The number of thiophene rings is 1. The summed E-state index contributed by atoms with van der Waals surface area (Å²) >= 11 is 1.68. The van der Waals surface area contributed by atoms with Gasteiger partial charge in [-0.25, -0.2) is 5.10 Å². The summed E-state index contributed by atoms with van der Waals surface area (Å²) < 4.78 is 0. The Bertz CT molecular complexity index is 742. The Morgan fingerprint density at radius 2 is 1.88 bits per heavy atom. The molecule has 0 atom stereocenters. The fraction of sp³-hybridized carbons (Fsp3) is 0.0769. The molecule has 0 aliphatic heterocycles. The minimum absolute atomic E-state index is 0.141. The highest BCUT2D eigenvalue weighted by Gasteiger charge is 2.09. The average molecular weight is 242 g/mol. The van der Waals surface area contributed by atoms with Gasteiger partial charge >= 0.3 is 0 Å². The summed E-state index contributed by atoms with van der Waals surface area (Å²) in [5.74, 6) is 0. The van der Waals surface area contributed by atoms with Crippen molar-refractivity contribution in [2.75, 3.05) is 0 Å². The van der Waals surface area contributed by atoms with E-state index in [2.05, 4.69) is 23.2 Å². The SMILES string of the molecule is Cc1ccc(-c2n[nH]c(=O)c3ccccc23)s1. The molecule has 17 heavy (non-hydrogen) atoms. The first-order chi connectivity index (χ1) is 8.25. The van der Waals surface area contributed by atoms with E-state index in [1.807, 2.05) is 30.3 Å². The van der Waals surface area contributed by atoms with E-state index >= 15 is 0 Å². The second-order valence-electron chi connectivity index (χ2n) is 3.86. The lowest BCUT2D eigenvalue weighted by Gasteiger charge is -2.01. The van der Waals surface area contributed by atoms with E-state index in [9.17, 15) is 4.79 Å². The summed E-state index contributed by atoms with van der Waals surface area (Å²) in [7, 11) is 0. The molecule has 2 aromatic heterocycles. The van der Waals surface area contributed by atoms with E-state index in [-0.39, 0.29) is 5.56 Å². The first-order valence-corrected chi connectivity index (χ1v) is 6.11. The van der Waals surface area contributed by atoms with Crippen LogP contribution in [0.4, 0.5) is 0 Å². The van der Waals surface area contributed by atoms with Gasteiger partial charge in [-0.3, -0.25) is 4.79 Å². The normalized spacial score (nSPS) is 10.9. The lowest BCUT2D eigenvalue weighted by molar-refractivity contribution is 1.02. The molecule has 0 saturated heterocycles. The van der Waals surface area contributed by atoms with Gasteiger partial charge in [0.1, 0.15) is 5.69 Å². The number of rotatable bonds is 1. The molecular weight excluding hydrogens is 232 g/mol. The van der Waals surface area contributed by atoms with E-state index < -0.39 is 0 Å². The standard InChI is InChI=1S/C13H10N2OS/c1-8-6-7-11(17-8)12-9-4-2-3-5-10(9)13(16)15-14-12/h2-7H,1H3,(H,15,16). The van der Waals surface area contributed by atoms with Crippen LogP contribution in [0.5, 0.6) is 0 Å². The number of hydrogen-bond acceptors (Lipinski definition) is 3. The molecule has 4 heteroatoms. The minimum atomic E-state index is -0.141. The third-order valence-electron chi connectivity index (χ3n) is 2.67. The second-order valence-corrected chi connectivity index (χ2v) is 5.15. The molecule has 0 saturated carbocycles. The Balaban J connectivity index is 2.38. The van der Waals surface area contributed by atoms with Gasteiger partial charge in [0, 0.05) is 10.3 Å². The molecule has 0 amide bonds. The predicted molar refractivity (Wildman–Crippen MR) is 70.4 cm³/mol. The summed E-state index contributed by atoms with van der Waals surface area (Å²) in [4.78, 5) is 14.0. The van der Waals surface area contributed by atoms with Gasteiger partial charge in [-0.1, -0.05) is 18.2 Å². The molecule has 2 heterocycles. The van der Waals surface area contributed by atoms with Gasteiger partial charge in [-0.05, 0) is 25.1 Å². The van der Waals surface area contributed by atoms with E-state index in [0.29, 0.717) is 5.39 Å². The molecule has 3 rings (SSSR count). The Hall–Kier alpha value is -1.94. The first-order valence-electron chi connectivity index (χ1n) is 5.30. The molecule has 0 aliphatic carbocycles. The minimum Gasteiger partial charge on any atom is -0.267 e. The summed E-state index contributed by atoms with van der Waals surface area (Å²) in [5, 5.41) is 8.30. The number of fused-ring (bicyclic) bond motifs is 1. The summed E-state index contributed by atoms with van der Waals surface area (Å²) in [6, 6.07) is 11.6. The molecule has 0 bridgehead atoms. The zero-order valence-electron chi connectivity index (χ0n) is 9.23. The average Bonchev–Trinajstić information content (AvgIpc) is 2.77. The van der Waals surface area contributed by atoms with Crippen LogP contribution in [0.15, 0.2) is 41.2 Å². The Morgan fingerprint density at radius 3 is 2.59 bits per heavy atom. The van der Waals surface area contributed by atoms with Crippen LogP contribution in [0.25, 0.3) is 21.3 Å². The maximum atomic E-state index is 11.7. The van der Waals surface area contributed by atoms with E-state index in [1.165, 1.54) is 4.88 Å². The van der Waals surface area contributed by atoms with Crippen LogP contribution in [0.3, 0.4) is 0 Å². The van der Waals surface area contributed by atoms with Gasteiger partial charge < -0.3 is 0 Å². The number of nitrogens with one attached hydrogen (secondary N) is 1. The molecule has 1 N–H and O–H groups in total. The third kappa shape index (κ3) is 1.66. The van der Waals surface area contributed by atoms with E-state index in [4.69, 9.17) is 0 Å². The van der Waals surface area contributed by atoms with Crippen molar-refractivity contribution in [3.8, 4) is 10.6 Å². The predicted octanol–water partition coefficient (Wildman–Crippen LogP) is 2.96. The fourth-order valence-electron chi connectivity index (χ4n) is 1.86. The van der Waals surface area contributed by atoms with Gasteiger partial charge in [0.25, 0.3) is 5.56 Å². The lowest BCUT2D eigenvalue weighted by Crippen LogP contribution is -2.08. The number of hydrogen-bond donors (Lipinski definition) is 1. The third-order valence-corrected chi connectivity index (χ3v) is 3.68. The lowest BCUT2D eigenvalue weighted by atomic mass is 10.1. The van der Waals surface area contributed by atoms with Crippen LogP contribution < -0.4 is 5.56 Å². The largest absolute Gasteiger partial charge is 0.272 e. The molecule has 0 aliphatic rings. The van der Waals surface area contributed by atoms with Crippen molar-refractivity contribution >= 4 is 22.1 Å². The van der Waals surface area contributed by atoms with Crippen LogP contribution in [0.2, 0.25) is 0 Å². The highest BCUT2D eigenvalue weighted by Crippen LogP contribution is 2.29. The van der Waals surface area contributed by atoms with Crippen LogP contribution >= 0.6 is 11.3 Å². The molecule has 0 unspecified atom stereocenters. The van der Waals surface area contributed by atoms with Crippen molar-refractivity contribution in [1.29, 1.82) is 0 Å². The zero-order valence-corrected chi connectivity index (χ0v) is 10.0. The van der Waals surface area contributed by atoms with Gasteiger partial charge in [0.05, 0.1) is 10.3 Å². The summed E-state index contributed by atoms with van der Waals surface area (Å²) in [6.45, 7) is 2.06. The van der Waals surface area contributed by atoms with Crippen molar-refractivity contribution < 1.29 is 0 Å². The summed E-state index contributed by atoms with van der Waals surface area (Å²) in [5.41, 5.74) is 0.705. The highest BCUT2D eigenvalue weighted by molar-refractivity contribution is 7.15. The zero-order chi connectivity index (χ0) is 11.8. The van der Waals surface area contributed by atoms with Gasteiger partial charge in [0.2, 0.25) is 0 Å².